The number of halogens is 2. The molecule has 0 radical (unpaired) electrons. The summed E-state index contributed by atoms with van der Waals surface area (Å²) in [6.07, 6.45) is 3.10. The lowest BCUT2D eigenvalue weighted by Gasteiger charge is -2.08. The van der Waals surface area contributed by atoms with Crippen LogP contribution in [0.5, 0.6) is 0 Å². The van der Waals surface area contributed by atoms with Crippen molar-refractivity contribution in [3.05, 3.63) is 76.5 Å². The van der Waals surface area contributed by atoms with Crippen LogP contribution in [0.3, 0.4) is 0 Å². The Morgan fingerprint density at radius 1 is 1.22 bits per heavy atom. The topological polar surface area (TPSA) is 59.8 Å². The molecule has 116 valence electrons. The Morgan fingerprint density at radius 3 is 2.70 bits per heavy atom. The van der Waals surface area contributed by atoms with Crippen LogP contribution in [0.15, 0.2) is 59.6 Å². The smallest absolute Gasteiger partial charge is 0.258 e. The summed E-state index contributed by atoms with van der Waals surface area (Å²) in [7, 11) is 0. The number of aromatic nitrogens is 3. The maximum Gasteiger partial charge on any atom is 0.258 e. The van der Waals surface area contributed by atoms with Crippen LogP contribution >= 0.6 is 15.9 Å². The Bertz CT molecular complexity index is 819. The highest BCUT2D eigenvalue weighted by Gasteiger charge is 2.12. The molecule has 0 aliphatic heterocycles. The van der Waals surface area contributed by atoms with Crippen LogP contribution in [0.25, 0.3) is 0 Å². The minimum absolute atomic E-state index is 0.00827. The van der Waals surface area contributed by atoms with E-state index in [1.165, 1.54) is 18.5 Å². The normalized spacial score (nSPS) is 10.5. The van der Waals surface area contributed by atoms with Crippen molar-refractivity contribution >= 4 is 27.5 Å². The second-order valence-electron chi connectivity index (χ2n) is 4.87. The molecule has 3 aromatic rings. The van der Waals surface area contributed by atoms with Crippen LogP contribution in [0.1, 0.15) is 15.9 Å². The fourth-order valence-corrected chi connectivity index (χ4v) is 2.43. The molecule has 3 rings (SSSR count). The van der Waals surface area contributed by atoms with Gasteiger partial charge in [-0.05, 0) is 35.9 Å². The average Bonchev–Trinajstić information content (AvgIpc) is 3.04. The van der Waals surface area contributed by atoms with Gasteiger partial charge in [-0.15, -0.1) is 0 Å². The van der Waals surface area contributed by atoms with Gasteiger partial charge in [-0.3, -0.25) is 4.79 Å². The van der Waals surface area contributed by atoms with Gasteiger partial charge in [0.05, 0.1) is 12.1 Å². The predicted octanol–water partition coefficient (Wildman–Crippen LogP) is 3.48. The van der Waals surface area contributed by atoms with Gasteiger partial charge in [0.15, 0.2) is 0 Å². The fourth-order valence-electron chi connectivity index (χ4n) is 2.06. The summed E-state index contributed by atoms with van der Waals surface area (Å²) in [6, 6.07) is 11.5. The van der Waals surface area contributed by atoms with Crippen LogP contribution in [0, 0.1) is 5.82 Å². The molecule has 2 aromatic carbocycles. The molecular formula is C16H12BrFN4O. The lowest BCUT2D eigenvalue weighted by atomic mass is 10.1. The van der Waals surface area contributed by atoms with Gasteiger partial charge >= 0.3 is 0 Å². The number of benzene rings is 2. The van der Waals surface area contributed by atoms with Gasteiger partial charge in [0, 0.05) is 10.2 Å². The highest BCUT2D eigenvalue weighted by Crippen LogP contribution is 2.18. The number of carbonyl (C=O) groups is 1. The van der Waals surface area contributed by atoms with Gasteiger partial charge < -0.3 is 5.32 Å². The van der Waals surface area contributed by atoms with Crippen LogP contribution < -0.4 is 5.32 Å². The van der Waals surface area contributed by atoms with Crippen LogP contribution in [-0.4, -0.2) is 20.7 Å². The second kappa shape index (κ2) is 6.70. The molecule has 0 spiro atoms. The van der Waals surface area contributed by atoms with Crippen molar-refractivity contribution in [2.24, 2.45) is 0 Å². The molecule has 0 atom stereocenters. The zero-order valence-corrected chi connectivity index (χ0v) is 13.5. The Labute approximate surface area is 140 Å². The first-order chi connectivity index (χ1) is 11.1. The maximum atomic E-state index is 13.7. The molecule has 0 aliphatic carbocycles. The number of amides is 1. The lowest BCUT2D eigenvalue weighted by Crippen LogP contribution is -2.13. The lowest BCUT2D eigenvalue weighted by molar-refractivity contribution is 0.102. The zero-order valence-electron chi connectivity index (χ0n) is 11.9. The summed E-state index contributed by atoms with van der Waals surface area (Å²) in [4.78, 5) is 16.0. The van der Waals surface area contributed by atoms with E-state index in [1.54, 1.807) is 29.2 Å². The third-order valence-corrected chi connectivity index (χ3v) is 3.69. The number of hydrogen-bond acceptors (Lipinski definition) is 3. The molecule has 0 fully saturated rings. The van der Waals surface area contributed by atoms with Gasteiger partial charge in [-0.25, -0.2) is 14.1 Å². The Kier molecular flexibility index (Phi) is 4.47. The molecule has 1 heterocycles. The minimum Gasteiger partial charge on any atom is -0.322 e. The monoisotopic (exact) mass is 374 g/mol. The van der Waals surface area contributed by atoms with Crippen molar-refractivity contribution in [2.45, 2.75) is 6.54 Å². The standard InChI is InChI=1S/C16H12BrFN4O/c17-12-3-6-15(18)14(7-12)16(23)21-13-4-1-11(2-5-13)8-22-10-19-9-20-22/h1-7,9-10H,8H2,(H,21,23). The largest absolute Gasteiger partial charge is 0.322 e. The van der Waals surface area contributed by atoms with Gasteiger partial charge in [0.25, 0.3) is 5.91 Å². The molecule has 7 heteroatoms. The van der Waals surface area contributed by atoms with E-state index in [2.05, 4.69) is 31.3 Å². The van der Waals surface area contributed by atoms with E-state index < -0.39 is 11.7 Å². The highest BCUT2D eigenvalue weighted by molar-refractivity contribution is 9.10. The third kappa shape index (κ3) is 3.81. The molecule has 1 aromatic heterocycles. The van der Waals surface area contributed by atoms with Crippen LogP contribution in [-0.2, 0) is 6.54 Å². The van der Waals surface area contributed by atoms with E-state index in [4.69, 9.17) is 0 Å². The summed E-state index contributed by atoms with van der Waals surface area (Å²) in [5.74, 6) is -1.05. The van der Waals surface area contributed by atoms with Crippen molar-refractivity contribution in [1.82, 2.24) is 14.8 Å². The summed E-state index contributed by atoms with van der Waals surface area (Å²) in [5.41, 5.74) is 1.60. The number of carbonyl (C=O) groups excluding carboxylic acids is 1. The minimum atomic E-state index is -0.562. The Morgan fingerprint density at radius 2 is 2.00 bits per heavy atom. The van der Waals surface area contributed by atoms with Crippen LogP contribution in [0.2, 0.25) is 0 Å². The third-order valence-electron chi connectivity index (χ3n) is 3.20. The quantitative estimate of drug-likeness (QED) is 0.760. The average molecular weight is 375 g/mol. The van der Waals surface area contributed by atoms with Crippen molar-refractivity contribution in [3.8, 4) is 0 Å². The zero-order chi connectivity index (χ0) is 16.2. The van der Waals surface area contributed by atoms with Crippen molar-refractivity contribution in [2.75, 3.05) is 5.32 Å². The van der Waals surface area contributed by atoms with E-state index in [0.29, 0.717) is 16.7 Å². The van der Waals surface area contributed by atoms with E-state index in [9.17, 15) is 9.18 Å². The molecule has 0 saturated heterocycles. The van der Waals surface area contributed by atoms with E-state index in [-0.39, 0.29) is 5.56 Å². The van der Waals surface area contributed by atoms with Gasteiger partial charge in [-0.2, -0.15) is 5.10 Å². The van der Waals surface area contributed by atoms with E-state index in [1.807, 2.05) is 12.1 Å². The predicted molar refractivity (Wildman–Crippen MR) is 87.6 cm³/mol. The number of nitrogens with zero attached hydrogens (tertiary/aromatic N) is 3. The van der Waals surface area contributed by atoms with Crippen LogP contribution in [0.4, 0.5) is 10.1 Å². The molecule has 0 bridgehead atoms. The Hall–Kier alpha value is -2.54. The molecule has 0 aliphatic rings. The second-order valence-corrected chi connectivity index (χ2v) is 5.78. The van der Waals surface area contributed by atoms with E-state index >= 15 is 0 Å². The number of rotatable bonds is 4. The van der Waals surface area contributed by atoms with Gasteiger partial charge in [0.2, 0.25) is 0 Å². The number of nitrogens with one attached hydrogen (secondary N) is 1. The SMILES string of the molecule is O=C(Nc1ccc(Cn2cncn2)cc1)c1cc(Br)ccc1F. The first-order valence-electron chi connectivity index (χ1n) is 6.79. The van der Waals surface area contributed by atoms with Crippen molar-refractivity contribution in [1.29, 1.82) is 0 Å². The molecular weight excluding hydrogens is 363 g/mol. The van der Waals surface area contributed by atoms with Gasteiger partial charge in [-0.1, -0.05) is 28.1 Å². The van der Waals surface area contributed by atoms with Crippen molar-refractivity contribution in [3.63, 3.8) is 0 Å². The van der Waals surface area contributed by atoms with E-state index in [0.717, 1.165) is 5.56 Å². The molecule has 0 saturated carbocycles. The fraction of sp³-hybridized carbons (Fsp3) is 0.0625. The highest BCUT2D eigenvalue weighted by atomic mass is 79.9. The van der Waals surface area contributed by atoms with Crippen molar-refractivity contribution < 1.29 is 9.18 Å². The molecule has 1 amide bonds. The summed E-state index contributed by atoms with van der Waals surface area (Å²) in [5, 5.41) is 6.71. The first kappa shape index (κ1) is 15.4. The summed E-state index contributed by atoms with van der Waals surface area (Å²) < 4.78 is 16.0. The Balaban J connectivity index is 1.70. The number of hydrogen-bond donors (Lipinski definition) is 1. The maximum absolute atomic E-state index is 13.7. The molecule has 5 nitrogen and oxygen atoms in total. The molecule has 0 unspecified atom stereocenters. The first-order valence-corrected chi connectivity index (χ1v) is 7.59. The summed E-state index contributed by atoms with van der Waals surface area (Å²) in [6.45, 7) is 0.592. The summed E-state index contributed by atoms with van der Waals surface area (Å²) >= 11 is 3.23. The molecule has 1 N–H and O–H groups in total. The van der Waals surface area contributed by atoms with Gasteiger partial charge in [0.1, 0.15) is 18.5 Å². The molecule has 23 heavy (non-hydrogen) atoms. The number of anilines is 1.